The Bertz CT molecular complexity index is 618. The first-order valence-electron chi connectivity index (χ1n) is 7.31. The first-order valence-corrected chi connectivity index (χ1v) is 7.31. The standard InChI is InChI=1S/C16H21N3O/c1-12-10-18-16(20)19(12)15-6-4-13(5-7-15)9-14-3-2-8-17-11-14/h4-7,10,14,17H,2-3,8-9,11H2,1H3,(H,18,20). The minimum Gasteiger partial charge on any atom is -0.316 e. The third-order valence-electron chi connectivity index (χ3n) is 4.08. The maximum absolute atomic E-state index is 11.7. The summed E-state index contributed by atoms with van der Waals surface area (Å²) in [5.41, 5.74) is 3.13. The van der Waals surface area contributed by atoms with E-state index in [4.69, 9.17) is 0 Å². The first-order chi connectivity index (χ1) is 9.74. The van der Waals surface area contributed by atoms with E-state index in [2.05, 4.69) is 22.4 Å². The predicted octanol–water partition coefficient (Wildman–Crippen LogP) is 2.02. The highest BCUT2D eigenvalue weighted by Gasteiger charge is 2.13. The average Bonchev–Trinajstić information content (AvgIpc) is 2.81. The second-order valence-corrected chi connectivity index (χ2v) is 5.65. The minimum atomic E-state index is -0.0771. The molecular weight excluding hydrogens is 250 g/mol. The Hall–Kier alpha value is -1.81. The molecule has 20 heavy (non-hydrogen) atoms. The number of aryl methyl sites for hydroxylation is 1. The van der Waals surface area contributed by atoms with Crippen LogP contribution in [0, 0.1) is 12.8 Å². The van der Waals surface area contributed by atoms with Crippen molar-refractivity contribution in [3.8, 4) is 5.69 Å². The molecule has 2 heterocycles. The van der Waals surface area contributed by atoms with Crippen LogP contribution in [0.3, 0.4) is 0 Å². The highest BCUT2D eigenvalue weighted by atomic mass is 16.1. The van der Waals surface area contributed by atoms with Crippen molar-refractivity contribution in [1.29, 1.82) is 0 Å². The molecule has 1 aromatic heterocycles. The lowest BCUT2D eigenvalue weighted by molar-refractivity contribution is 0.376. The number of hydrogen-bond donors (Lipinski definition) is 2. The zero-order valence-electron chi connectivity index (χ0n) is 11.9. The van der Waals surface area contributed by atoms with E-state index in [0.717, 1.165) is 36.8 Å². The summed E-state index contributed by atoms with van der Waals surface area (Å²) in [7, 11) is 0. The van der Waals surface area contributed by atoms with Gasteiger partial charge in [0.2, 0.25) is 0 Å². The Kier molecular flexibility index (Phi) is 3.74. The molecule has 1 atom stereocenters. The zero-order valence-corrected chi connectivity index (χ0v) is 11.9. The largest absolute Gasteiger partial charge is 0.330 e. The molecule has 0 aliphatic carbocycles. The van der Waals surface area contributed by atoms with E-state index in [0.29, 0.717) is 0 Å². The van der Waals surface area contributed by atoms with Crippen molar-refractivity contribution in [2.75, 3.05) is 13.1 Å². The van der Waals surface area contributed by atoms with Crippen molar-refractivity contribution in [3.63, 3.8) is 0 Å². The summed E-state index contributed by atoms with van der Waals surface area (Å²) in [6.07, 6.45) is 5.45. The zero-order chi connectivity index (χ0) is 13.9. The summed E-state index contributed by atoms with van der Waals surface area (Å²) in [6.45, 7) is 4.21. The summed E-state index contributed by atoms with van der Waals surface area (Å²) in [4.78, 5) is 14.5. The molecule has 0 amide bonds. The lowest BCUT2D eigenvalue weighted by Gasteiger charge is -2.22. The van der Waals surface area contributed by atoms with Gasteiger partial charge >= 0.3 is 5.69 Å². The van der Waals surface area contributed by atoms with Crippen molar-refractivity contribution in [2.24, 2.45) is 5.92 Å². The van der Waals surface area contributed by atoms with Crippen molar-refractivity contribution in [3.05, 3.63) is 52.2 Å². The van der Waals surface area contributed by atoms with Gasteiger partial charge in [-0.25, -0.2) is 4.79 Å². The van der Waals surface area contributed by atoms with E-state index < -0.39 is 0 Å². The number of H-pyrrole nitrogens is 1. The van der Waals surface area contributed by atoms with Crippen LogP contribution in [0.15, 0.2) is 35.3 Å². The van der Waals surface area contributed by atoms with Crippen LogP contribution < -0.4 is 11.0 Å². The van der Waals surface area contributed by atoms with Gasteiger partial charge < -0.3 is 10.3 Å². The number of imidazole rings is 1. The Labute approximate surface area is 118 Å². The summed E-state index contributed by atoms with van der Waals surface area (Å²) in [5, 5.41) is 3.45. The molecular formula is C16H21N3O. The van der Waals surface area contributed by atoms with Gasteiger partial charge in [0.05, 0.1) is 5.69 Å². The van der Waals surface area contributed by atoms with Crippen LogP contribution in [-0.2, 0) is 6.42 Å². The van der Waals surface area contributed by atoms with Crippen LogP contribution in [0.4, 0.5) is 0 Å². The van der Waals surface area contributed by atoms with Crippen LogP contribution in [0.25, 0.3) is 5.69 Å². The molecule has 1 aromatic carbocycles. The van der Waals surface area contributed by atoms with Gasteiger partial charge in [0.25, 0.3) is 0 Å². The molecule has 1 aliphatic rings. The SMILES string of the molecule is Cc1c[nH]c(=O)n1-c1ccc(CC2CCCNC2)cc1. The van der Waals surface area contributed by atoms with Gasteiger partial charge in [-0.2, -0.15) is 0 Å². The van der Waals surface area contributed by atoms with E-state index in [1.807, 2.05) is 19.1 Å². The monoisotopic (exact) mass is 271 g/mol. The van der Waals surface area contributed by atoms with Crippen molar-refractivity contribution in [2.45, 2.75) is 26.2 Å². The van der Waals surface area contributed by atoms with Crippen molar-refractivity contribution >= 4 is 0 Å². The first kappa shape index (κ1) is 13.2. The van der Waals surface area contributed by atoms with E-state index >= 15 is 0 Å². The van der Waals surface area contributed by atoms with Crippen LogP contribution >= 0.6 is 0 Å². The Balaban J connectivity index is 1.76. The molecule has 4 nitrogen and oxygen atoms in total. The molecule has 0 saturated carbocycles. The van der Waals surface area contributed by atoms with Crippen LogP contribution in [0.2, 0.25) is 0 Å². The molecule has 2 aromatic rings. The van der Waals surface area contributed by atoms with E-state index in [-0.39, 0.29) is 5.69 Å². The number of nitrogens with one attached hydrogen (secondary N) is 2. The lowest BCUT2D eigenvalue weighted by Crippen LogP contribution is -2.30. The van der Waals surface area contributed by atoms with Crippen LogP contribution in [0.1, 0.15) is 24.1 Å². The number of benzene rings is 1. The number of rotatable bonds is 3. The topological polar surface area (TPSA) is 49.8 Å². The molecule has 1 aliphatic heterocycles. The predicted molar refractivity (Wildman–Crippen MR) is 80.4 cm³/mol. The molecule has 1 saturated heterocycles. The van der Waals surface area contributed by atoms with Crippen LogP contribution in [0.5, 0.6) is 0 Å². The van der Waals surface area contributed by atoms with Gasteiger partial charge in [-0.05, 0) is 62.9 Å². The highest BCUT2D eigenvalue weighted by Crippen LogP contribution is 2.18. The second kappa shape index (κ2) is 5.67. The van der Waals surface area contributed by atoms with Crippen LogP contribution in [-0.4, -0.2) is 22.6 Å². The Morgan fingerprint density at radius 2 is 2.10 bits per heavy atom. The summed E-state index contributed by atoms with van der Waals surface area (Å²) in [6, 6.07) is 8.35. The summed E-state index contributed by atoms with van der Waals surface area (Å²) < 4.78 is 1.70. The fraction of sp³-hybridized carbons (Fsp3) is 0.438. The molecule has 0 radical (unpaired) electrons. The molecule has 3 rings (SSSR count). The van der Waals surface area contributed by atoms with E-state index in [1.165, 1.54) is 18.4 Å². The molecule has 1 unspecified atom stereocenters. The molecule has 0 spiro atoms. The molecule has 106 valence electrons. The normalized spacial score (nSPS) is 19.1. The molecule has 2 N–H and O–H groups in total. The quantitative estimate of drug-likeness (QED) is 0.897. The number of piperidine rings is 1. The number of aromatic amines is 1. The molecule has 1 fully saturated rings. The minimum absolute atomic E-state index is 0.0771. The number of nitrogens with zero attached hydrogens (tertiary/aromatic N) is 1. The van der Waals surface area contributed by atoms with Gasteiger partial charge in [-0.1, -0.05) is 12.1 Å². The van der Waals surface area contributed by atoms with Gasteiger partial charge in [0.1, 0.15) is 0 Å². The Morgan fingerprint density at radius 3 is 2.70 bits per heavy atom. The van der Waals surface area contributed by atoms with Crippen molar-refractivity contribution < 1.29 is 0 Å². The third kappa shape index (κ3) is 2.70. The highest BCUT2D eigenvalue weighted by molar-refractivity contribution is 5.36. The molecule has 0 bridgehead atoms. The average molecular weight is 271 g/mol. The van der Waals surface area contributed by atoms with Crippen molar-refractivity contribution in [1.82, 2.24) is 14.9 Å². The van der Waals surface area contributed by atoms with E-state index in [1.54, 1.807) is 10.8 Å². The number of aromatic nitrogens is 2. The van der Waals surface area contributed by atoms with Gasteiger partial charge in [-0.15, -0.1) is 0 Å². The van der Waals surface area contributed by atoms with E-state index in [9.17, 15) is 4.79 Å². The maximum Gasteiger partial charge on any atom is 0.330 e. The Morgan fingerprint density at radius 1 is 1.30 bits per heavy atom. The lowest BCUT2D eigenvalue weighted by atomic mass is 9.92. The third-order valence-corrected chi connectivity index (χ3v) is 4.08. The van der Waals surface area contributed by atoms with Gasteiger partial charge in [0, 0.05) is 11.9 Å². The molecule has 4 heteroatoms. The number of hydrogen-bond acceptors (Lipinski definition) is 2. The van der Waals surface area contributed by atoms with Gasteiger partial charge in [0.15, 0.2) is 0 Å². The smallest absolute Gasteiger partial charge is 0.316 e. The summed E-state index contributed by atoms with van der Waals surface area (Å²) in [5.74, 6) is 0.742. The van der Waals surface area contributed by atoms with Gasteiger partial charge in [-0.3, -0.25) is 4.57 Å². The maximum atomic E-state index is 11.7. The fourth-order valence-corrected chi connectivity index (χ4v) is 2.99. The second-order valence-electron chi connectivity index (χ2n) is 5.65. The fourth-order valence-electron chi connectivity index (χ4n) is 2.99. The summed E-state index contributed by atoms with van der Waals surface area (Å²) >= 11 is 0.